The lowest BCUT2D eigenvalue weighted by molar-refractivity contribution is -0.151. The van der Waals surface area contributed by atoms with Crippen molar-refractivity contribution in [3.63, 3.8) is 0 Å². The molecule has 1 heterocycles. The van der Waals surface area contributed by atoms with Crippen molar-refractivity contribution in [3.8, 4) is 0 Å². The third-order valence-corrected chi connectivity index (χ3v) is 4.73. The number of carbonyl (C=O) groups excluding carboxylic acids is 1. The predicted octanol–water partition coefficient (Wildman–Crippen LogP) is 4.62. The third kappa shape index (κ3) is 3.07. The van der Waals surface area contributed by atoms with Crippen LogP contribution in [-0.4, -0.2) is 22.9 Å². The fraction of sp³-hybridized carbons (Fsp3) is 0.227. The van der Waals surface area contributed by atoms with Gasteiger partial charge >= 0.3 is 5.97 Å². The maximum atomic E-state index is 12.5. The topological polar surface area (TPSA) is 44.1 Å². The number of ether oxygens (including phenoxy) is 1. The summed E-state index contributed by atoms with van der Waals surface area (Å²) in [5.41, 5.74) is 5.09. The first-order chi connectivity index (χ1) is 12.5. The second kappa shape index (κ2) is 7.03. The van der Waals surface area contributed by atoms with Gasteiger partial charge in [0.1, 0.15) is 0 Å². The van der Waals surface area contributed by atoms with Crippen LogP contribution < -0.4 is 0 Å². The van der Waals surface area contributed by atoms with Crippen molar-refractivity contribution in [1.29, 1.82) is 0 Å². The summed E-state index contributed by atoms with van der Waals surface area (Å²) in [5.74, 6) is -0.379. The summed E-state index contributed by atoms with van der Waals surface area (Å²) >= 11 is 0. The zero-order chi connectivity index (χ0) is 18.7. The Kier molecular flexibility index (Phi) is 4.79. The van der Waals surface area contributed by atoms with Crippen LogP contribution in [0.5, 0.6) is 0 Å². The number of fused-ring (bicyclic) bond motifs is 1. The van der Waals surface area contributed by atoms with Gasteiger partial charge in [-0.3, -0.25) is 4.79 Å². The van der Waals surface area contributed by atoms with Crippen molar-refractivity contribution >= 4 is 23.1 Å². The Morgan fingerprint density at radius 3 is 2.62 bits per heavy atom. The summed E-state index contributed by atoms with van der Waals surface area (Å²) in [6.07, 6.45) is 3.49. The predicted molar refractivity (Wildman–Crippen MR) is 104 cm³/mol. The number of carbonyl (C=O) groups is 1. The first-order valence-corrected chi connectivity index (χ1v) is 8.45. The molecule has 0 aliphatic heterocycles. The summed E-state index contributed by atoms with van der Waals surface area (Å²) in [7, 11) is 1.43. The minimum absolute atomic E-state index is 0.140. The molecule has 0 fully saturated rings. The molecule has 2 aromatic carbocycles. The highest BCUT2D eigenvalue weighted by Gasteiger charge is 2.39. The number of hydrogen-bond acceptors (Lipinski definition) is 3. The van der Waals surface area contributed by atoms with Crippen molar-refractivity contribution in [2.24, 2.45) is 5.41 Å². The molecule has 1 aromatic heterocycles. The fourth-order valence-electron chi connectivity index (χ4n) is 3.49. The Hall–Kier alpha value is -3.10. The smallest absolute Gasteiger partial charge is 0.312 e. The summed E-state index contributed by atoms with van der Waals surface area (Å²) < 4.78 is 6.82. The average molecular weight is 346 g/mol. The van der Waals surface area contributed by atoms with Gasteiger partial charge in [0.2, 0.25) is 0 Å². The Morgan fingerprint density at radius 1 is 1.23 bits per heavy atom. The number of rotatable bonds is 5. The standard InChI is InChI=1S/C22H22N2O2/c1-5-13-24-19-12-11-17(14-18(19)15-23-24)20(16-9-7-6-8-10-16)22(2,3)21(25)26-4/h6-15,20H,1H2,2-4H3. The molecule has 1 atom stereocenters. The van der Waals surface area contributed by atoms with Gasteiger partial charge in [-0.15, -0.1) is 5.73 Å². The lowest BCUT2D eigenvalue weighted by Crippen LogP contribution is -2.33. The number of nitrogens with zero attached hydrogens (tertiary/aromatic N) is 2. The number of benzene rings is 2. The van der Waals surface area contributed by atoms with Crippen molar-refractivity contribution in [1.82, 2.24) is 9.78 Å². The van der Waals surface area contributed by atoms with E-state index in [0.29, 0.717) is 0 Å². The van der Waals surface area contributed by atoms with E-state index in [1.165, 1.54) is 7.11 Å². The van der Waals surface area contributed by atoms with E-state index in [-0.39, 0.29) is 11.9 Å². The zero-order valence-electron chi connectivity index (χ0n) is 15.3. The van der Waals surface area contributed by atoms with Crippen LogP contribution in [0.2, 0.25) is 0 Å². The van der Waals surface area contributed by atoms with Crippen molar-refractivity contribution in [3.05, 3.63) is 78.2 Å². The molecule has 0 N–H and O–H groups in total. The minimum Gasteiger partial charge on any atom is -0.469 e. The highest BCUT2D eigenvalue weighted by Crippen LogP contribution is 2.42. The molecule has 3 rings (SSSR count). The van der Waals surface area contributed by atoms with Crippen molar-refractivity contribution in [2.45, 2.75) is 19.8 Å². The Balaban J connectivity index is 2.17. The van der Waals surface area contributed by atoms with E-state index >= 15 is 0 Å². The van der Waals surface area contributed by atoms with E-state index in [1.54, 1.807) is 17.1 Å². The molecule has 1 unspecified atom stereocenters. The maximum absolute atomic E-state index is 12.5. The normalized spacial score (nSPS) is 12.4. The minimum atomic E-state index is -0.721. The summed E-state index contributed by atoms with van der Waals surface area (Å²) in [5, 5.41) is 5.33. The number of aromatic nitrogens is 2. The second-order valence-corrected chi connectivity index (χ2v) is 6.80. The van der Waals surface area contributed by atoms with Crippen molar-refractivity contribution < 1.29 is 9.53 Å². The van der Waals surface area contributed by atoms with E-state index in [4.69, 9.17) is 4.74 Å². The van der Waals surface area contributed by atoms with Crippen LogP contribution in [0.25, 0.3) is 17.1 Å². The van der Waals surface area contributed by atoms with Crippen LogP contribution in [0, 0.1) is 5.41 Å². The van der Waals surface area contributed by atoms with Crippen LogP contribution >= 0.6 is 0 Å². The molecule has 0 amide bonds. The van der Waals surface area contributed by atoms with E-state index in [0.717, 1.165) is 22.0 Å². The highest BCUT2D eigenvalue weighted by molar-refractivity contribution is 5.83. The first kappa shape index (κ1) is 17.7. The van der Waals surface area contributed by atoms with Gasteiger partial charge in [-0.2, -0.15) is 5.10 Å². The molecule has 0 aliphatic carbocycles. The van der Waals surface area contributed by atoms with Crippen molar-refractivity contribution in [2.75, 3.05) is 7.11 Å². The molecule has 0 aliphatic rings. The molecule has 0 saturated carbocycles. The molecular weight excluding hydrogens is 324 g/mol. The molecule has 3 aromatic rings. The molecule has 26 heavy (non-hydrogen) atoms. The molecule has 0 spiro atoms. The first-order valence-electron chi connectivity index (χ1n) is 8.45. The number of hydrogen-bond donors (Lipinski definition) is 0. The van der Waals surface area contributed by atoms with Crippen LogP contribution in [0.1, 0.15) is 30.9 Å². The van der Waals surface area contributed by atoms with E-state index < -0.39 is 5.41 Å². The summed E-state index contributed by atoms with van der Waals surface area (Å²) in [6, 6.07) is 16.2. The lowest BCUT2D eigenvalue weighted by atomic mass is 9.71. The lowest BCUT2D eigenvalue weighted by Gasteiger charge is -2.32. The van der Waals surface area contributed by atoms with Crippen LogP contribution in [0.4, 0.5) is 0 Å². The van der Waals surface area contributed by atoms with Crippen LogP contribution in [0.3, 0.4) is 0 Å². The van der Waals surface area contributed by atoms with Crippen LogP contribution in [-0.2, 0) is 9.53 Å². The van der Waals surface area contributed by atoms with Gasteiger partial charge < -0.3 is 4.74 Å². The van der Waals surface area contributed by atoms with Gasteiger partial charge in [0.15, 0.2) is 0 Å². The SMILES string of the molecule is C=C=Cn1ncc2cc(C(c3ccccc3)C(C)(C)C(=O)OC)ccc21. The Labute approximate surface area is 153 Å². The largest absolute Gasteiger partial charge is 0.469 e. The van der Waals surface area contributed by atoms with Gasteiger partial charge in [0.05, 0.1) is 30.4 Å². The molecule has 0 saturated heterocycles. The molecular formula is C22H22N2O2. The molecule has 4 nitrogen and oxygen atoms in total. The van der Waals surface area contributed by atoms with Gasteiger partial charge in [-0.1, -0.05) is 43.0 Å². The van der Waals surface area contributed by atoms with Gasteiger partial charge in [-0.25, -0.2) is 4.68 Å². The summed E-state index contributed by atoms with van der Waals surface area (Å²) in [4.78, 5) is 12.5. The van der Waals surface area contributed by atoms with Gasteiger partial charge in [0.25, 0.3) is 0 Å². The number of methoxy groups -OCH3 is 1. The van der Waals surface area contributed by atoms with Gasteiger partial charge in [0, 0.05) is 11.3 Å². The molecule has 132 valence electrons. The third-order valence-electron chi connectivity index (χ3n) is 4.73. The highest BCUT2D eigenvalue weighted by atomic mass is 16.5. The zero-order valence-corrected chi connectivity index (χ0v) is 15.3. The monoisotopic (exact) mass is 346 g/mol. The van der Waals surface area contributed by atoms with E-state index in [1.807, 2.05) is 56.3 Å². The maximum Gasteiger partial charge on any atom is 0.312 e. The second-order valence-electron chi connectivity index (χ2n) is 6.80. The molecule has 4 heteroatoms. The van der Waals surface area contributed by atoms with Gasteiger partial charge in [-0.05, 0) is 37.1 Å². The quantitative estimate of drug-likeness (QED) is 0.500. The Morgan fingerprint density at radius 2 is 1.96 bits per heavy atom. The van der Waals surface area contributed by atoms with Crippen LogP contribution in [0.15, 0.2) is 67.0 Å². The number of esters is 1. The molecule has 0 radical (unpaired) electrons. The average Bonchev–Trinajstić information content (AvgIpc) is 3.04. The summed E-state index contributed by atoms with van der Waals surface area (Å²) in [6.45, 7) is 7.44. The van der Waals surface area contributed by atoms with E-state index in [2.05, 4.69) is 23.5 Å². The van der Waals surface area contributed by atoms with E-state index in [9.17, 15) is 4.79 Å². The molecule has 0 bridgehead atoms. The Bertz CT molecular complexity index is 980. The fourth-order valence-corrected chi connectivity index (χ4v) is 3.49.